The molecular weight excluding hydrogens is 676 g/mol. The quantitative estimate of drug-likeness (QED) is 0.134. The number of nitrogens with one attached hydrogen (secondary N) is 1. The van der Waals surface area contributed by atoms with Gasteiger partial charge in [0, 0.05) is 65.4 Å². The van der Waals surface area contributed by atoms with E-state index in [-0.39, 0.29) is 35.7 Å². The lowest BCUT2D eigenvalue weighted by molar-refractivity contribution is -0.122. The number of rotatable bonds is 12. The molecule has 0 bridgehead atoms. The molecule has 50 heavy (non-hydrogen) atoms. The largest absolute Gasteiger partial charge is 0.493 e. The van der Waals surface area contributed by atoms with Crippen LogP contribution < -0.4 is 10.1 Å². The molecule has 11 heteroatoms. The van der Waals surface area contributed by atoms with Crippen LogP contribution in [0.1, 0.15) is 90.5 Å². The van der Waals surface area contributed by atoms with Crippen LogP contribution >= 0.6 is 23.2 Å². The molecule has 1 aromatic carbocycles. The lowest BCUT2D eigenvalue weighted by Gasteiger charge is -2.38. The molecule has 1 saturated heterocycles. The summed E-state index contributed by atoms with van der Waals surface area (Å²) in [5, 5.41) is 4.10. The summed E-state index contributed by atoms with van der Waals surface area (Å²) in [6.07, 6.45) is 10.5. The van der Waals surface area contributed by atoms with Crippen molar-refractivity contribution in [1.29, 1.82) is 0 Å². The molecule has 1 aliphatic carbocycles. The molecule has 1 aromatic heterocycles. The summed E-state index contributed by atoms with van der Waals surface area (Å²) in [7, 11) is 0. The Kier molecular flexibility index (Phi) is 13.9. The summed E-state index contributed by atoms with van der Waals surface area (Å²) in [6.45, 7) is 13.9. The summed E-state index contributed by atoms with van der Waals surface area (Å²) >= 11 is 12.6. The predicted molar refractivity (Wildman–Crippen MR) is 201 cm³/mol. The zero-order chi connectivity index (χ0) is 36.5. The average molecular weight is 729 g/mol. The van der Waals surface area contributed by atoms with Crippen molar-refractivity contribution < 1.29 is 18.7 Å². The number of urea groups is 1. The fourth-order valence-electron chi connectivity index (χ4n) is 6.16. The highest BCUT2D eigenvalue weighted by Crippen LogP contribution is 2.35. The molecule has 1 fully saturated rings. The number of carbonyl (C=O) groups excluding carboxylic acids is 2. The number of allylic oxidation sites excluding steroid dienone is 3. The lowest BCUT2D eigenvalue weighted by Crippen LogP contribution is -2.50. The van der Waals surface area contributed by atoms with E-state index < -0.39 is 12.2 Å². The Balaban J connectivity index is 1.77. The number of amidine groups is 1. The third kappa shape index (κ3) is 10.8. The van der Waals surface area contributed by atoms with Gasteiger partial charge in [0.2, 0.25) is 5.91 Å². The summed E-state index contributed by atoms with van der Waals surface area (Å²) in [5.41, 5.74) is 1.51. The smallest absolute Gasteiger partial charge is 0.325 e. The summed E-state index contributed by atoms with van der Waals surface area (Å²) < 4.78 is 18.8. The van der Waals surface area contributed by atoms with Crippen molar-refractivity contribution in [3.63, 3.8) is 0 Å². The Bertz CT molecular complexity index is 1560. The van der Waals surface area contributed by atoms with Crippen LogP contribution in [0.15, 0.2) is 64.8 Å². The Hall–Kier alpha value is -3.43. The number of pyridine rings is 1. The normalized spacial score (nSPS) is 17.4. The number of nitrogens with zero attached hydrogens (tertiary/aromatic N) is 4. The van der Waals surface area contributed by atoms with Crippen molar-refractivity contribution in [3.05, 3.63) is 81.6 Å². The van der Waals surface area contributed by atoms with E-state index in [1.807, 2.05) is 54.3 Å². The van der Waals surface area contributed by atoms with Gasteiger partial charge in [-0.15, -0.1) is 0 Å². The van der Waals surface area contributed by atoms with Crippen LogP contribution in [0.5, 0.6) is 5.75 Å². The van der Waals surface area contributed by atoms with Gasteiger partial charge in [0.25, 0.3) is 0 Å². The lowest BCUT2D eigenvalue weighted by atomic mass is 9.83. The van der Waals surface area contributed by atoms with Crippen molar-refractivity contribution in [2.75, 3.05) is 32.9 Å². The van der Waals surface area contributed by atoms with Crippen LogP contribution in [0, 0.1) is 11.8 Å². The van der Waals surface area contributed by atoms with Crippen molar-refractivity contribution in [2.24, 2.45) is 16.8 Å². The first kappa shape index (κ1) is 39.4. The Labute approximate surface area is 307 Å². The van der Waals surface area contributed by atoms with Crippen molar-refractivity contribution in [2.45, 2.75) is 91.1 Å². The number of aromatic nitrogens is 1. The molecule has 4 rings (SSSR count). The number of hydrogen-bond donors (Lipinski definition) is 1. The Morgan fingerprint density at radius 1 is 1.12 bits per heavy atom. The SMILES string of the molecule is CCOc1cc(C(C)(C)C)ncc1/C(=N/C(C)(C)C1C=CC(Cl)=CC1)N(Cc1ccc(Cl)cc1)C(=O)N1CCC(CC(=O)NCCCF)CC1. The fourth-order valence-corrected chi connectivity index (χ4v) is 6.45. The number of halogens is 3. The molecule has 3 amide bonds. The first-order chi connectivity index (χ1) is 23.7. The number of ether oxygens (including phenoxy) is 1. The van der Waals surface area contributed by atoms with Gasteiger partial charge in [-0.3, -0.25) is 24.1 Å². The number of aliphatic imine (C=N–C) groups is 1. The van der Waals surface area contributed by atoms with Gasteiger partial charge in [0.05, 0.1) is 30.9 Å². The monoisotopic (exact) mass is 727 g/mol. The highest BCUT2D eigenvalue weighted by molar-refractivity contribution is 6.31. The van der Waals surface area contributed by atoms with Gasteiger partial charge in [-0.1, -0.05) is 68.3 Å². The third-order valence-electron chi connectivity index (χ3n) is 9.26. The molecule has 0 saturated carbocycles. The van der Waals surface area contributed by atoms with Gasteiger partial charge in [-0.25, -0.2) is 4.79 Å². The van der Waals surface area contributed by atoms with Gasteiger partial charge in [-0.2, -0.15) is 0 Å². The minimum absolute atomic E-state index is 0.0247. The third-order valence-corrected chi connectivity index (χ3v) is 9.80. The number of amides is 3. The van der Waals surface area contributed by atoms with E-state index in [0.717, 1.165) is 11.3 Å². The van der Waals surface area contributed by atoms with E-state index in [1.54, 1.807) is 11.1 Å². The first-order valence-electron chi connectivity index (χ1n) is 17.6. The molecule has 1 atom stereocenters. The van der Waals surface area contributed by atoms with Gasteiger partial charge in [-0.05, 0) is 76.1 Å². The highest BCUT2D eigenvalue weighted by atomic mass is 35.5. The number of hydrogen-bond acceptors (Lipinski definition) is 5. The van der Waals surface area contributed by atoms with E-state index in [2.05, 4.69) is 46.0 Å². The van der Waals surface area contributed by atoms with Gasteiger partial charge in [0.1, 0.15) is 11.6 Å². The standard InChI is InChI=1S/C39H52Cl2FN5O3/c1-7-50-33-24-34(38(2,3)4)44-25-32(33)36(45-39(5,6)29-11-15-31(41)16-12-29)47(26-28-9-13-30(40)14-10-28)37(49)46-21-17-27(18-22-46)23-35(48)43-20-8-19-42/h9-11,13-16,24-25,27,29H,7-8,12,17-23,26H2,1-6H3,(H,43,48)/b45-36-. The minimum atomic E-state index is -0.646. The molecule has 1 aliphatic heterocycles. The number of alkyl halides is 1. The number of piperidine rings is 1. The van der Waals surface area contributed by atoms with Crippen molar-refractivity contribution >= 4 is 41.0 Å². The van der Waals surface area contributed by atoms with Crippen LogP contribution in [0.25, 0.3) is 0 Å². The summed E-state index contributed by atoms with van der Waals surface area (Å²) in [5.74, 6) is 1.16. The molecule has 1 unspecified atom stereocenters. The number of likely N-dealkylation sites (tertiary alicyclic amines) is 1. The molecule has 272 valence electrons. The van der Waals surface area contributed by atoms with Crippen LogP contribution in [-0.2, 0) is 16.8 Å². The molecule has 2 heterocycles. The summed E-state index contributed by atoms with van der Waals surface area (Å²) in [6, 6.07) is 9.24. The van der Waals surface area contributed by atoms with E-state index in [0.29, 0.717) is 85.5 Å². The maximum absolute atomic E-state index is 14.8. The van der Waals surface area contributed by atoms with Crippen LogP contribution in [0.4, 0.5) is 9.18 Å². The van der Waals surface area contributed by atoms with E-state index in [4.69, 9.17) is 37.9 Å². The molecule has 8 nitrogen and oxygen atoms in total. The van der Waals surface area contributed by atoms with Crippen molar-refractivity contribution in [1.82, 2.24) is 20.1 Å². The van der Waals surface area contributed by atoms with Gasteiger partial charge in [0.15, 0.2) is 0 Å². The van der Waals surface area contributed by atoms with Gasteiger partial charge >= 0.3 is 6.03 Å². The molecule has 2 aliphatic rings. The molecule has 0 radical (unpaired) electrons. The Morgan fingerprint density at radius 2 is 1.82 bits per heavy atom. The second-order valence-corrected chi connectivity index (χ2v) is 15.5. The average Bonchev–Trinajstić information content (AvgIpc) is 3.07. The second-order valence-electron chi connectivity index (χ2n) is 14.7. The fraction of sp³-hybridized carbons (Fsp3) is 0.538. The molecule has 0 spiro atoms. The zero-order valence-corrected chi connectivity index (χ0v) is 31.8. The van der Waals surface area contributed by atoms with Crippen LogP contribution in [-0.4, -0.2) is 71.0 Å². The maximum Gasteiger partial charge on any atom is 0.325 e. The first-order valence-corrected chi connectivity index (χ1v) is 18.4. The minimum Gasteiger partial charge on any atom is -0.493 e. The van der Waals surface area contributed by atoms with Crippen LogP contribution in [0.2, 0.25) is 5.02 Å². The Morgan fingerprint density at radius 3 is 2.42 bits per heavy atom. The van der Waals surface area contributed by atoms with Gasteiger partial charge < -0.3 is 15.0 Å². The highest BCUT2D eigenvalue weighted by Gasteiger charge is 2.35. The van der Waals surface area contributed by atoms with E-state index in [9.17, 15) is 14.0 Å². The predicted octanol–water partition coefficient (Wildman–Crippen LogP) is 8.86. The topological polar surface area (TPSA) is 87.1 Å². The molecule has 1 N–H and O–H groups in total. The molecular formula is C39H52Cl2FN5O3. The molecule has 2 aromatic rings. The number of carbonyl (C=O) groups is 2. The number of benzene rings is 1. The van der Waals surface area contributed by atoms with E-state index >= 15 is 0 Å². The van der Waals surface area contributed by atoms with Crippen LogP contribution in [0.3, 0.4) is 0 Å². The van der Waals surface area contributed by atoms with E-state index in [1.165, 1.54) is 0 Å². The summed E-state index contributed by atoms with van der Waals surface area (Å²) in [4.78, 5) is 41.2. The van der Waals surface area contributed by atoms with Crippen molar-refractivity contribution in [3.8, 4) is 5.75 Å². The zero-order valence-electron chi connectivity index (χ0n) is 30.3. The maximum atomic E-state index is 14.8. The second kappa shape index (κ2) is 17.7.